The quantitative estimate of drug-likeness (QED) is 0.180. The molecule has 0 saturated carbocycles. The Labute approximate surface area is 233 Å². The molecule has 1 unspecified atom stereocenters. The summed E-state index contributed by atoms with van der Waals surface area (Å²) in [5.41, 5.74) is 1.28. The summed E-state index contributed by atoms with van der Waals surface area (Å²) in [6.45, 7) is 0. The number of para-hydroxylation sites is 2. The lowest BCUT2D eigenvalue weighted by Crippen LogP contribution is -2.31. The van der Waals surface area contributed by atoms with Gasteiger partial charge in [-0.15, -0.1) is 10.8 Å². The van der Waals surface area contributed by atoms with Gasteiger partial charge in [-0.05, 0) is 47.9 Å². The molecule has 0 radical (unpaired) electrons. The highest BCUT2D eigenvalue weighted by atomic mass is 35.5. The predicted octanol–water partition coefficient (Wildman–Crippen LogP) is 5.72. The van der Waals surface area contributed by atoms with E-state index in [4.69, 9.17) is 11.6 Å². The Hall–Kier alpha value is -3.14. The summed E-state index contributed by atoms with van der Waals surface area (Å²) in [5, 5.41) is -1.41. The molecule has 2 atom stereocenters. The Morgan fingerprint density at radius 2 is 1.80 bits per heavy atom. The van der Waals surface area contributed by atoms with Gasteiger partial charge in [0, 0.05) is 0 Å². The van der Waals surface area contributed by atoms with Crippen LogP contribution in [0.3, 0.4) is 0 Å². The highest BCUT2D eigenvalue weighted by Crippen LogP contribution is 2.56. The van der Waals surface area contributed by atoms with E-state index >= 15 is 0 Å². The van der Waals surface area contributed by atoms with Gasteiger partial charge >= 0.3 is 6.18 Å². The van der Waals surface area contributed by atoms with Crippen LogP contribution in [0.2, 0.25) is 5.02 Å². The van der Waals surface area contributed by atoms with E-state index in [1.54, 1.807) is 48.5 Å². The molecule has 5 rings (SSSR count). The molecule has 1 aromatic heterocycles. The second-order valence-corrected chi connectivity index (χ2v) is 13.3. The maximum absolute atomic E-state index is 13.3. The summed E-state index contributed by atoms with van der Waals surface area (Å²) in [5.74, 6) is -0.216. The molecule has 1 aliphatic rings. The number of sulfonamides is 1. The summed E-state index contributed by atoms with van der Waals surface area (Å²) >= 11 is 5.98. The van der Waals surface area contributed by atoms with Crippen LogP contribution in [0.1, 0.15) is 40.2 Å². The molecule has 1 fully saturated rings. The van der Waals surface area contributed by atoms with Crippen LogP contribution in [0.15, 0.2) is 71.6 Å². The molecule has 9 nitrogen and oxygen atoms in total. The number of carbonyl (C=O) groups excluding carboxylic acids is 1. The number of imidazole rings is 1. The van der Waals surface area contributed by atoms with Gasteiger partial charge in [0.2, 0.25) is 15.9 Å². The first-order valence-electron chi connectivity index (χ1n) is 11.7. The summed E-state index contributed by atoms with van der Waals surface area (Å²) in [4.78, 5) is 18.7. The molecule has 0 bridgehead atoms. The van der Waals surface area contributed by atoms with Gasteiger partial charge in [0.05, 0.1) is 34.1 Å². The number of fused-ring (bicyclic) bond motifs is 1. The zero-order chi connectivity index (χ0) is 28.9. The third kappa shape index (κ3) is 5.82. The van der Waals surface area contributed by atoms with Crippen molar-refractivity contribution in [2.24, 2.45) is 0 Å². The minimum atomic E-state index is -4.70. The number of rotatable bonds is 7. The maximum Gasteiger partial charge on any atom is 0.416 e. The fourth-order valence-corrected chi connectivity index (χ4v) is 7.68. The number of benzene rings is 3. The smallest absolute Gasteiger partial charge is 0.341 e. The Kier molecular flexibility index (Phi) is 7.35. The number of amides is 1. The Balaban J connectivity index is 1.46. The molecule has 1 amide bonds. The number of carbonyl (C=O) groups is 1. The van der Waals surface area contributed by atoms with Crippen molar-refractivity contribution in [3.63, 3.8) is 0 Å². The Morgan fingerprint density at radius 1 is 1.10 bits per heavy atom. The van der Waals surface area contributed by atoms with Crippen molar-refractivity contribution in [1.82, 2.24) is 19.4 Å². The molecule has 2 heterocycles. The molecule has 40 heavy (non-hydrogen) atoms. The third-order valence-corrected chi connectivity index (χ3v) is 10.1. The van der Waals surface area contributed by atoms with Gasteiger partial charge in [0.15, 0.2) is 0 Å². The van der Waals surface area contributed by atoms with Crippen molar-refractivity contribution in [3.05, 3.63) is 94.3 Å². The topological polar surface area (TPSA) is 144 Å². The maximum atomic E-state index is 13.3. The summed E-state index contributed by atoms with van der Waals surface area (Å²) in [6, 6.07) is 14.6. The molecule has 4 aromatic rings. The Bertz CT molecular complexity index is 1660. The predicted molar refractivity (Wildman–Crippen MR) is 144 cm³/mol. The van der Waals surface area contributed by atoms with Crippen LogP contribution in [-0.2, 0) is 27.4 Å². The van der Waals surface area contributed by atoms with E-state index in [9.17, 15) is 35.5 Å². The zero-order valence-corrected chi connectivity index (χ0v) is 22.7. The Morgan fingerprint density at radius 3 is 2.40 bits per heavy atom. The molecular formula is C25H22ClF3N4O5S2. The molecular weight excluding hydrogens is 593 g/mol. The van der Waals surface area contributed by atoms with Gasteiger partial charge in [0.25, 0.3) is 0 Å². The van der Waals surface area contributed by atoms with Gasteiger partial charge in [0.1, 0.15) is 16.0 Å². The van der Waals surface area contributed by atoms with Crippen LogP contribution in [0.25, 0.3) is 11.0 Å². The second-order valence-electron chi connectivity index (χ2n) is 9.21. The standard InChI is InChI=1S/C25H22ClF3N4O5S2/c26-17-12-16(25(27,28)29)9-10-21(17)39(35,36)32-20(24-30-18-3-1-2-4-19(18)31-24)11-14-5-7-15(8-6-14)22-13-23(34)33-40(22,37)38/h1-10,12,20,22,32,37-38H,11,13H2,(H,30,31)(H,33,34)/t20-,22?/m0/s1. The number of hydrogen-bond acceptors (Lipinski definition) is 6. The van der Waals surface area contributed by atoms with Gasteiger partial charge in [-0.3, -0.25) is 18.6 Å². The van der Waals surface area contributed by atoms with Crippen LogP contribution in [0.5, 0.6) is 0 Å². The number of H-pyrrole nitrogens is 1. The fraction of sp³-hybridized carbons (Fsp3) is 0.200. The number of nitrogens with zero attached hydrogens (tertiary/aromatic N) is 1. The summed E-state index contributed by atoms with van der Waals surface area (Å²) in [6.07, 6.45) is -4.72. The van der Waals surface area contributed by atoms with Crippen molar-refractivity contribution in [1.29, 1.82) is 0 Å². The molecule has 1 aliphatic heterocycles. The SMILES string of the molecule is O=C1CC(c2ccc(C[C@H](NS(=O)(=O)c3ccc(C(F)(F)F)cc3Cl)c3nc4ccccc4[nH]3)cc2)S(O)(O)N1. The van der Waals surface area contributed by atoms with E-state index in [-0.39, 0.29) is 18.7 Å². The number of halogens is 4. The van der Waals surface area contributed by atoms with Crippen molar-refractivity contribution in [3.8, 4) is 0 Å². The lowest BCUT2D eigenvalue weighted by molar-refractivity contribution is -0.137. The van der Waals surface area contributed by atoms with E-state index in [1.165, 1.54) is 0 Å². The van der Waals surface area contributed by atoms with Gasteiger partial charge < -0.3 is 4.98 Å². The van der Waals surface area contributed by atoms with Gasteiger partial charge in [-0.2, -0.15) is 13.2 Å². The normalized spacial score (nSPS) is 18.9. The van der Waals surface area contributed by atoms with Crippen molar-refractivity contribution in [2.45, 2.75) is 35.2 Å². The molecule has 3 aromatic carbocycles. The number of aromatic amines is 1. The van der Waals surface area contributed by atoms with E-state index in [0.29, 0.717) is 34.3 Å². The first kappa shape index (κ1) is 28.4. The molecule has 5 N–H and O–H groups in total. The first-order valence-corrected chi connectivity index (χ1v) is 15.2. The van der Waals surface area contributed by atoms with Crippen molar-refractivity contribution < 1.29 is 35.5 Å². The number of hydrogen-bond donors (Lipinski definition) is 5. The molecule has 15 heteroatoms. The first-order chi connectivity index (χ1) is 18.7. The highest BCUT2D eigenvalue weighted by molar-refractivity contribution is 8.23. The fourth-order valence-electron chi connectivity index (χ4n) is 4.45. The average molecular weight is 615 g/mol. The van der Waals surface area contributed by atoms with E-state index in [0.717, 1.165) is 6.07 Å². The number of aromatic nitrogens is 2. The third-order valence-electron chi connectivity index (χ3n) is 6.41. The monoisotopic (exact) mass is 614 g/mol. The van der Waals surface area contributed by atoms with Crippen molar-refractivity contribution in [2.75, 3.05) is 0 Å². The minimum Gasteiger partial charge on any atom is -0.341 e. The van der Waals surface area contributed by atoms with Gasteiger partial charge in [-0.1, -0.05) is 48.0 Å². The average Bonchev–Trinajstić information content (AvgIpc) is 3.42. The summed E-state index contributed by atoms with van der Waals surface area (Å²) < 4.78 is 90.9. The lowest BCUT2D eigenvalue weighted by atomic mass is 10.0. The second kappa shape index (κ2) is 10.4. The number of alkyl halides is 3. The lowest BCUT2D eigenvalue weighted by Gasteiger charge is -2.32. The minimum absolute atomic E-state index is 0.0652. The van der Waals surface area contributed by atoms with Crippen LogP contribution in [0.4, 0.5) is 13.2 Å². The molecule has 212 valence electrons. The van der Waals surface area contributed by atoms with E-state index < -0.39 is 59.7 Å². The summed E-state index contributed by atoms with van der Waals surface area (Å²) in [7, 11) is -7.76. The van der Waals surface area contributed by atoms with Crippen molar-refractivity contribution >= 4 is 49.3 Å². The van der Waals surface area contributed by atoms with E-state index in [1.807, 2.05) is 0 Å². The van der Waals surface area contributed by atoms with E-state index in [2.05, 4.69) is 19.4 Å². The zero-order valence-electron chi connectivity index (χ0n) is 20.3. The largest absolute Gasteiger partial charge is 0.416 e. The molecule has 1 saturated heterocycles. The van der Waals surface area contributed by atoms with Gasteiger partial charge in [-0.25, -0.2) is 18.1 Å². The van der Waals surface area contributed by atoms with Crippen LogP contribution in [-0.4, -0.2) is 33.4 Å². The van der Waals surface area contributed by atoms with Crippen LogP contribution in [0, 0.1) is 0 Å². The molecule has 0 aliphatic carbocycles. The van der Waals surface area contributed by atoms with Crippen LogP contribution < -0.4 is 9.44 Å². The number of nitrogens with one attached hydrogen (secondary N) is 3. The highest BCUT2D eigenvalue weighted by Gasteiger charge is 2.38. The van der Waals surface area contributed by atoms with Crippen LogP contribution >= 0.6 is 22.4 Å². The molecule has 0 spiro atoms.